The minimum absolute atomic E-state index is 0.921. The van der Waals surface area contributed by atoms with Crippen molar-refractivity contribution in [3.63, 3.8) is 0 Å². The van der Waals surface area contributed by atoms with Gasteiger partial charge in [-0.25, -0.2) is 0 Å². The van der Waals surface area contributed by atoms with Crippen LogP contribution in [0.15, 0.2) is 24.3 Å². The standard InChI is InChI=1S/C17H26N2O/c1-14-7-8-15(13-14)18-9-11-19(12-10-18)16-5-3-4-6-17(16)20-2/h3-6,14-15H,7-13H2,1-2H3/p+1/t14-,15-/m1/s1. The second-order valence-corrected chi connectivity index (χ2v) is 6.43. The first kappa shape index (κ1) is 13.7. The Morgan fingerprint density at radius 3 is 2.55 bits per heavy atom. The Morgan fingerprint density at radius 1 is 1.15 bits per heavy atom. The van der Waals surface area contributed by atoms with Gasteiger partial charge in [-0.15, -0.1) is 0 Å². The van der Waals surface area contributed by atoms with Gasteiger partial charge in [-0.3, -0.25) is 0 Å². The molecule has 2 aliphatic rings. The van der Waals surface area contributed by atoms with Crippen LogP contribution in [0.4, 0.5) is 5.69 Å². The summed E-state index contributed by atoms with van der Waals surface area (Å²) >= 11 is 0. The molecule has 0 bridgehead atoms. The van der Waals surface area contributed by atoms with E-state index in [0.29, 0.717) is 0 Å². The van der Waals surface area contributed by atoms with Gasteiger partial charge in [0.05, 0.1) is 45.0 Å². The van der Waals surface area contributed by atoms with Crippen LogP contribution in [0.3, 0.4) is 0 Å². The van der Waals surface area contributed by atoms with Crippen LogP contribution in [-0.4, -0.2) is 39.3 Å². The summed E-state index contributed by atoms with van der Waals surface area (Å²) in [7, 11) is 1.76. The monoisotopic (exact) mass is 275 g/mol. The summed E-state index contributed by atoms with van der Waals surface area (Å²) in [5, 5.41) is 0. The molecule has 1 saturated carbocycles. The van der Waals surface area contributed by atoms with E-state index in [4.69, 9.17) is 4.74 Å². The average molecular weight is 275 g/mol. The lowest BCUT2D eigenvalue weighted by Gasteiger charge is -2.37. The van der Waals surface area contributed by atoms with Gasteiger partial charge in [0, 0.05) is 6.42 Å². The van der Waals surface area contributed by atoms with Gasteiger partial charge in [-0.2, -0.15) is 0 Å². The zero-order valence-corrected chi connectivity index (χ0v) is 12.8. The smallest absolute Gasteiger partial charge is 0.142 e. The lowest BCUT2D eigenvalue weighted by atomic mass is 10.1. The third-order valence-electron chi connectivity index (χ3n) is 5.10. The Balaban J connectivity index is 1.61. The molecule has 3 heteroatoms. The number of hydrogen-bond acceptors (Lipinski definition) is 2. The Hall–Kier alpha value is -1.22. The summed E-state index contributed by atoms with van der Waals surface area (Å²) in [4.78, 5) is 4.32. The summed E-state index contributed by atoms with van der Waals surface area (Å²) in [6, 6.07) is 9.32. The van der Waals surface area contributed by atoms with Crippen LogP contribution in [0, 0.1) is 5.92 Å². The van der Waals surface area contributed by atoms with Gasteiger partial charge in [0.15, 0.2) is 0 Å². The zero-order valence-electron chi connectivity index (χ0n) is 12.8. The summed E-state index contributed by atoms with van der Waals surface area (Å²) in [6.45, 7) is 7.26. The van der Waals surface area contributed by atoms with Gasteiger partial charge in [0.1, 0.15) is 5.75 Å². The predicted octanol–water partition coefficient (Wildman–Crippen LogP) is 1.59. The van der Waals surface area contributed by atoms with Crippen LogP contribution in [0.1, 0.15) is 26.2 Å². The molecule has 0 spiro atoms. The van der Waals surface area contributed by atoms with Crippen molar-refractivity contribution in [3.05, 3.63) is 24.3 Å². The molecule has 1 aromatic rings. The quantitative estimate of drug-likeness (QED) is 0.902. The summed E-state index contributed by atoms with van der Waals surface area (Å²) in [5.74, 6) is 1.95. The van der Waals surface area contributed by atoms with Gasteiger partial charge in [-0.1, -0.05) is 19.1 Å². The normalized spacial score (nSPS) is 27.8. The fourth-order valence-electron chi connectivity index (χ4n) is 3.91. The molecule has 3 rings (SSSR count). The van der Waals surface area contributed by atoms with Crippen LogP contribution in [0.2, 0.25) is 0 Å². The zero-order chi connectivity index (χ0) is 13.9. The van der Waals surface area contributed by atoms with E-state index in [0.717, 1.165) is 30.8 Å². The van der Waals surface area contributed by atoms with Gasteiger partial charge in [0.2, 0.25) is 0 Å². The van der Waals surface area contributed by atoms with Crippen LogP contribution < -0.4 is 14.5 Å². The van der Waals surface area contributed by atoms with Crippen molar-refractivity contribution in [2.75, 3.05) is 38.2 Å². The van der Waals surface area contributed by atoms with Gasteiger partial charge >= 0.3 is 0 Å². The van der Waals surface area contributed by atoms with Crippen molar-refractivity contribution in [2.24, 2.45) is 5.92 Å². The largest absolute Gasteiger partial charge is 0.495 e. The molecule has 0 radical (unpaired) electrons. The Morgan fingerprint density at radius 2 is 1.90 bits per heavy atom. The average Bonchev–Trinajstić information content (AvgIpc) is 2.94. The maximum absolute atomic E-state index is 5.49. The van der Waals surface area contributed by atoms with Crippen molar-refractivity contribution in [2.45, 2.75) is 32.2 Å². The number of anilines is 1. The Labute approximate surface area is 122 Å². The van der Waals surface area contributed by atoms with Crippen molar-refractivity contribution >= 4 is 5.69 Å². The second-order valence-electron chi connectivity index (χ2n) is 6.43. The predicted molar refractivity (Wildman–Crippen MR) is 82.7 cm³/mol. The highest BCUT2D eigenvalue weighted by Crippen LogP contribution is 2.28. The molecule has 20 heavy (non-hydrogen) atoms. The first-order chi connectivity index (χ1) is 9.78. The van der Waals surface area contributed by atoms with Gasteiger partial charge < -0.3 is 14.5 Å². The molecule has 1 aliphatic carbocycles. The molecule has 0 amide bonds. The van der Waals surface area contributed by atoms with Crippen molar-refractivity contribution in [3.8, 4) is 5.75 Å². The molecule has 1 aromatic carbocycles. The van der Waals surface area contributed by atoms with E-state index in [9.17, 15) is 0 Å². The molecule has 1 heterocycles. The van der Waals surface area contributed by atoms with E-state index >= 15 is 0 Å². The summed E-state index contributed by atoms with van der Waals surface area (Å²) in [6.07, 6.45) is 4.31. The molecule has 2 atom stereocenters. The fraction of sp³-hybridized carbons (Fsp3) is 0.647. The van der Waals surface area contributed by atoms with Crippen LogP contribution >= 0.6 is 0 Å². The molecule has 1 saturated heterocycles. The van der Waals surface area contributed by atoms with Gasteiger partial charge in [0.25, 0.3) is 0 Å². The number of hydrogen-bond donors (Lipinski definition) is 1. The topological polar surface area (TPSA) is 16.9 Å². The highest BCUT2D eigenvalue weighted by atomic mass is 16.5. The van der Waals surface area contributed by atoms with E-state index in [1.54, 1.807) is 7.11 Å². The van der Waals surface area contributed by atoms with Crippen LogP contribution in [0.25, 0.3) is 0 Å². The second kappa shape index (κ2) is 6.04. The van der Waals surface area contributed by atoms with Crippen molar-refractivity contribution < 1.29 is 9.64 Å². The lowest BCUT2D eigenvalue weighted by molar-refractivity contribution is -0.925. The first-order valence-electron chi connectivity index (χ1n) is 8.00. The minimum atomic E-state index is 0.921. The van der Waals surface area contributed by atoms with Crippen LogP contribution in [0.5, 0.6) is 5.75 Å². The van der Waals surface area contributed by atoms with Crippen LogP contribution in [-0.2, 0) is 0 Å². The summed E-state index contributed by atoms with van der Waals surface area (Å²) in [5.41, 5.74) is 1.26. The number of benzene rings is 1. The minimum Gasteiger partial charge on any atom is -0.495 e. The first-order valence-corrected chi connectivity index (χ1v) is 8.00. The number of quaternary nitrogens is 1. The number of rotatable bonds is 3. The number of ether oxygens (including phenoxy) is 1. The highest BCUT2D eigenvalue weighted by Gasteiger charge is 2.32. The number of nitrogens with one attached hydrogen (secondary N) is 1. The molecular formula is C17H27N2O+. The number of methoxy groups -OCH3 is 1. The Kier molecular flexibility index (Phi) is 4.16. The lowest BCUT2D eigenvalue weighted by Crippen LogP contribution is -3.18. The van der Waals surface area contributed by atoms with Crippen molar-refractivity contribution in [1.29, 1.82) is 0 Å². The maximum Gasteiger partial charge on any atom is 0.142 e. The van der Waals surface area contributed by atoms with Gasteiger partial charge in [-0.05, 0) is 30.9 Å². The molecule has 3 nitrogen and oxygen atoms in total. The van der Waals surface area contributed by atoms with Crippen molar-refractivity contribution in [1.82, 2.24) is 0 Å². The van der Waals surface area contributed by atoms with E-state index in [1.807, 2.05) is 11.0 Å². The number of piperazine rings is 1. The van der Waals surface area contributed by atoms with E-state index in [1.165, 1.54) is 38.0 Å². The maximum atomic E-state index is 5.49. The molecule has 1 aliphatic heterocycles. The molecule has 2 fully saturated rings. The molecule has 0 aromatic heterocycles. The molecule has 1 N–H and O–H groups in total. The number of para-hydroxylation sites is 2. The van der Waals surface area contributed by atoms with E-state index in [-0.39, 0.29) is 0 Å². The Bertz CT molecular complexity index is 440. The highest BCUT2D eigenvalue weighted by molar-refractivity contribution is 5.58. The third kappa shape index (κ3) is 2.78. The SMILES string of the molecule is COc1ccccc1N1CC[NH+]([C@@H]2CC[C@@H](C)C2)CC1. The molecule has 110 valence electrons. The molecular weight excluding hydrogens is 248 g/mol. The molecule has 0 unspecified atom stereocenters. The summed E-state index contributed by atoms with van der Waals surface area (Å²) < 4.78 is 5.49. The number of nitrogens with zero attached hydrogens (tertiary/aromatic N) is 1. The van der Waals surface area contributed by atoms with E-state index < -0.39 is 0 Å². The third-order valence-corrected chi connectivity index (χ3v) is 5.10. The van der Waals surface area contributed by atoms with E-state index in [2.05, 4.69) is 30.0 Å². The fourth-order valence-corrected chi connectivity index (χ4v) is 3.91.